The summed E-state index contributed by atoms with van der Waals surface area (Å²) in [4.78, 5) is 2.07. The third-order valence-electron chi connectivity index (χ3n) is 2.80. The van der Waals surface area contributed by atoms with Crippen LogP contribution < -0.4 is 4.90 Å². The average Bonchev–Trinajstić information content (AvgIpc) is 2.74. The minimum atomic E-state index is -0.0206. The Hall–Kier alpha value is -1.52. The summed E-state index contributed by atoms with van der Waals surface area (Å²) in [6, 6.07) is 5.54. The fourth-order valence-electron chi connectivity index (χ4n) is 1.97. The Bertz CT molecular complexity index is 539. The van der Waals surface area contributed by atoms with Crippen LogP contribution in [0.15, 0.2) is 30.6 Å². The van der Waals surface area contributed by atoms with E-state index in [0.717, 1.165) is 23.4 Å². The quantitative estimate of drug-likeness (QED) is 0.922. The van der Waals surface area contributed by atoms with Crippen molar-refractivity contribution in [3.8, 4) is 0 Å². The Kier molecular flexibility index (Phi) is 3.89. The Balaban J connectivity index is 2.20. The number of anilines is 1. The molecular weight excluding hydrogens is 250 g/mol. The van der Waals surface area contributed by atoms with Crippen LogP contribution in [-0.4, -0.2) is 21.9 Å². The van der Waals surface area contributed by atoms with Crippen LogP contribution >= 0.6 is 11.6 Å². The lowest BCUT2D eigenvalue weighted by molar-refractivity contribution is 0.282. The highest BCUT2D eigenvalue weighted by atomic mass is 35.5. The number of nitrogens with zero attached hydrogens (tertiary/aromatic N) is 3. The van der Waals surface area contributed by atoms with Crippen molar-refractivity contribution in [2.75, 3.05) is 11.9 Å². The van der Waals surface area contributed by atoms with E-state index < -0.39 is 0 Å². The van der Waals surface area contributed by atoms with Gasteiger partial charge in [-0.15, -0.1) is 0 Å². The van der Waals surface area contributed by atoms with Crippen molar-refractivity contribution in [1.82, 2.24) is 9.78 Å². The molecule has 18 heavy (non-hydrogen) atoms. The van der Waals surface area contributed by atoms with Gasteiger partial charge in [0.2, 0.25) is 0 Å². The number of rotatable bonds is 4. The predicted octanol–water partition coefficient (Wildman–Crippen LogP) is 2.20. The van der Waals surface area contributed by atoms with Gasteiger partial charge in [0.15, 0.2) is 0 Å². The summed E-state index contributed by atoms with van der Waals surface area (Å²) in [5.41, 5.74) is 2.93. The maximum atomic E-state index is 9.36. The van der Waals surface area contributed by atoms with Gasteiger partial charge in [-0.2, -0.15) is 5.10 Å². The van der Waals surface area contributed by atoms with E-state index >= 15 is 0 Å². The van der Waals surface area contributed by atoms with E-state index in [-0.39, 0.29) is 6.61 Å². The molecule has 4 nitrogen and oxygen atoms in total. The Morgan fingerprint density at radius 1 is 1.44 bits per heavy atom. The van der Waals surface area contributed by atoms with Gasteiger partial charge >= 0.3 is 0 Å². The summed E-state index contributed by atoms with van der Waals surface area (Å²) in [6.07, 6.45) is 3.82. The second kappa shape index (κ2) is 5.42. The number of halogens is 1. The monoisotopic (exact) mass is 265 g/mol. The molecule has 0 aliphatic carbocycles. The van der Waals surface area contributed by atoms with E-state index in [0.29, 0.717) is 5.02 Å². The van der Waals surface area contributed by atoms with Gasteiger partial charge in [0.05, 0.1) is 12.8 Å². The van der Waals surface area contributed by atoms with Crippen molar-refractivity contribution >= 4 is 17.3 Å². The number of hydrogen-bond acceptors (Lipinski definition) is 3. The molecule has 0 aliphatic heterocycles. The van der Waals surface area contributed by atoms with E-state index in [1.165, 1.54) is 0 Å². The van der Waals surface area contributed by atoms with Crippen LogP contribution in [0.1, 0.15) is 11.1 Å². The number of hydrogen-bond donors (Lipinski definition) is 1. The summed E-state index contributed by atoms with van der Waals surface area (Å²) < 4.78 is 1.78. The molecule has 1 heterocycles. The fourth-order valence-corrected chi connectivity index (χ4v) is 2.16. The minimum Gasteiger partial charge on any atom is -0.392 e. The number of benzene rings is 1. The van der Waals surface area contributed by atoms with Crippen molar-refractivity contribution < 1.29 is 5.11 Å². The van der Waals surface area contributed by atoms with Crippen LogP contribution in [-0.2, 0) is 20.2 Å². The summed E-state index contributed by atoms with van der Waals surface area (Å²) in [6.45, 7) is 0.718. The summed E-state index contributed by atoms with van der Waals surface area (Å²) in [5, 5.41) is 14.1. The molecule has 1 aromatic carbocycles. The molecule has 0 saturated heterocycles. The van der Waals surface area contributed by atoms with E-state index in [2.05, 4.69) is 10.00 Å². The maximum Gasteiger partial charge on any atom is 0.0702 e. The normalized spacial score (nSPS) is 10.7. The molecule has 2 rings (SSSR count). The molecule has 2 aromatic rings. The van der Waals surface area contributed by atoms with E-state index in [1.807, 2.05) is 38.6 Å². The van der Waals surface area contributed by atoms with Crippen molar-refractivity contribution in [1.29, 1.82) is 0 Å². The molecule has 0 aliphatic rings. The number of aliphatic hydroxyl groups excluding tert-OH is 1. The molecule has 1 aromatic heterocycles. The third-order valence-corrected chi connectivity index (χ3v) is 3.04. The highest BCUT2D eigenvalue weighted by molar-refractivity contribution is 6.30. The van der Waals surface area contributed by atoms with Crippen LogP contribution in [0, 0.1) is 0 Å². The zero-order valence-electron chi connectivity index (χ0n) is 10.5. The summed E-state index contributed by atoms with van der Waals surface area (Å²) in [7, 11) is 3.88. The molecular formula is C13H16ClN3O. The Labute approximate surface area is 111 Å². The summed E-state index contributed by atoms with van der Waals surface area (Å²) in [5.74, 6) is 0. The second-order valence-electron chi connectivity index (χ2n) is 4.31. The number of aliphatic hydroxyl groups is 1. The lowest BCUT2D eigenvalue weighted by Gasteiger charge is -2.21. The largest absolute Gasteiger partial charge is 0.392 e. The number of aryl methyl sites for hydroxylation is 1. The molecule has 0 fully saturated rings. The van der Waals surface area contributed by atoms with Crippen LogP contribution in [0.5, 0.6) is 0 Å². The SMILES string of the molecule is CN(Cc1cnn(C)c1)c1ccc(Cl)cc1CO. The Morgan fingerprint density at radius 2 is 2.22 bits per heavy atom. The van der Waals surface area contributed by atoms with Gasteiger partial charge in [0.1, 0.15) is 0 Å². The lowest BCUT2D eigenvalue weighted by atomic mass is 10.1. The highest BCUT2D eigenvalue weighted by Gasteiger charge is 2.09. The molecule has 96 valence electrons. The van der Waals surface area contributed by atoms with Gasteiger partial charge in [0.25, 0.3) is 0 Å². The van der Waals surface area contributed by atoms with Crippen molar-refractivity contribution in [2.24, 2.45) is 7.05 Å². The molecule has 0 atom stereocenters. The van der Waals surface area contributed by atoms with Gasteiger partial charge in [-0.25, -0.2) is 0 Å². The van der Waals surface area contributed by atoms with Crippen molar-refractivity contribution in [2.45, 2.75) is 13.2 Å². The van der Waals surface area contributed by atoms with Crippen LogP contribution in [0.4, 0.5) is 5.69 Å². The average molecular weight is 266 g/mol. The maximum absolute atomic E-state index is 9.36. The first-order valence-electron chi connectivity index (χ1n) is 5.68. The van der Waals surface area contributed by atoms with Gasteiger partial charge in [-0.05, 0) is 18.2 Å². The predicted molar refractivity (Wildman–Crippen MR) is 72.7 cm³/mol. The number of aromatic nitrogens is 2. The van der Waals surface area contributed by atoms with Gasteiger partial charge < -0.3 is 10.0 Å². The Morgan fingerprint density at radius 3 is 2.83 bits per heavy atom. The minimum absolute atomic E-state index is 0.0206. The zero-order valence-corrected chi connectivity index (χ0v) is 11.2. The molecule has 0 bridgehead atoms. The molecule has 5 heteroatoms. The molecule has 0 spiro atoms. The molecule has 1 N–H and O–H groups in total. The summed E-state index contributed by atoms with van der Waals surface area (Å²) >= 11 is 5.92. The van der Waals surface area contributed by atoms with Crippen LogP contribution in [0.2, 0.25) is 5.02 Å². The van der Waals surface area contributed by atoms with Gasteiger partial charge in [-0.3, -0.25) is 4.68 Å². The van der Waals surface area contributed by atoms with Crippen LogP contribution in [0.3, 0.4) is 0 Å². The first kappa shape index (κ1) is 12.9. The highest BCUT2D eigenvalue weighted by Crippen LogP contribution is 2.24. The molecule has 0 unspecified atom stereocenters. The topological polar surface area (TPSA) is 41.3 Å². The standard InChI is InChI=1S/C13H16ClN3O/c1-16(7-10-6-15-17(2)8-10)13-4-3-12(14)5-11(13)9-18/h3-6,8,18H,7,9H2,1-2H3. The first-order valence-corrected chi connectivity index (χ1v) is 6.06. The first-order chi connectivity index (χ1) is 8.60. The van der Waals surface area contributed by atoms with Gasteiger partial charge in [0, 0.05) is 48.7 Å². The zero-order chi connectivity index (χ0) is 13.1. The lowest BCUT2D eigenvalue weighted by Crippen LogP contribution is -2.17. The fraction of sp³-hybridized carbons (Fsp3) is 0.308. The van der Waals surface area contributed by atoms with E-state index in [1.54, 1.807) is 10.7 Å². The van der Waals surface area contributed by atoms with E-state index in [9.17, 15) is 5.11 Å². The van der Waals surface area contributed by atoms with E-state index in [4.69, 9.17) is 11.6 Å². The van der Waals surface area contributed by atoms with Gasteiger partial charge in [-0.1, -0.05) is 11.6 Å². The smallest absolute Gasteiger partial charge is 0.0702 e. The molecule has 0 saturated carbocycles. The third kappa shape index (κ3) is 2.83. The van der Waals surface area contributed by atoms with Crippen LogP contribution in [0.25, 0.3) is 0 Å². The molecule has 0 radical (unpaired) electrons. The molecule has 0 amide bonds. The van der Waals surface area contributed by atoms with Crippen molar-refractivity contribution in [3.63, 3.8) is 0 Å². The second-order valence-corrected chi connectivity index (χ2v) is 4.75. The van der Waals surface area contributed by atoms with Crippen molar-refractivity contribution in [3.05, 3.63) is 46.7 Å².